The van der Waals surface area contributed by atoms with E-state index in [0.717, 1.165) is 34.4 Å². The molecule has 2 heterocycles. The van der Waals surface area contributed by atoms with Gasteiger partial charge in [0.15, 0.2) is 0 Å². The van der Waals surface area contributed by atoms with E-state index in [1.165, 1.54) is 0 Å². The third-order valence-electron chi connectivity index (χ3n) is 2.60. The van der Waals surface area contributed by atoms with Crippen LogP contribution in [-0.2, 0) is 0 Å². The molecule has 1 atom stereocenters. The van der Waals surface area contributed by atoms with Gasteiger partial charge in [0.05, 0.1) is 16.8 Å². The van der Waals surface area contributed by atoms with Gasteiger partial charge in [-0.05, 0) is 37.4 Å². The van der Waals surface area contributed by atoms with E-state index in [2.05, 4.69) is 22.2 Å². The minimum atomic E-state index is 0.0548. The molecule has 0 amide bonds. The van der Waals surface area contributed by atoms with Crippen molar-refractivity contribution in [2.75, 3.05) is 6.54 Å². The van der Waals surface area contributed by atoms with Gasteiger partial charge in [-0.1, -0.05) is 18.5 Å². The molecule has 5 heteroatoms. The molecule has 2 aromatic heterocycles. The second kappa shape index (κ2) is 6.27. The number of aromatic nitrogens is 2. The largest absolute Gasteiger partial charge is 0.304 e. The van der Waals surface area contributed by atoms with Gasteiger partial charge < -0.3 is 5.32 Å². The first-order valence-corrected chi connectivity index (χ1v) is 7.24. The van der Waals surface area contributed by atoms with Crippen LogP contribution in [0.15, 0.2) is 23.7 Å². The van der Waals surface area contributed by atoms with Crippen molar-refractivity contribution in [1.29, 1.82) is 0 Å². The molecule has 96 valence electrons. The third kappa shape index (κ3) is 3.07. The van der Waals surface area contributed by atoms with E-state index in [-0.39, 0.29) is 6.04 Å². The van der Waals surface area contributed by atoms with E-state index in [9.17, 15) is 0 Å². The molecule has 2 rings (SSSR count). The Morgan fingerprint density at radius 3 is 2.89 bits per heavy atom. The van der Waals surface area contributed by atoms with Crippen LogP contribution < -0.4 is 5.32 Å². The Morgan fingerprint density at radius 1 is 1.44 bits per heavy atom. The van der Waals surface area contributed by atoms with Crippen LogP contribution in [0.4, 0.5) is 0 Å². The molecule has 0 fully saturated rings. The molecule has 0 radical (unpaired) electrons. The van der Waals surface area contributed by atoms with Gasteiger partial charge in [-0.3, -0.25) is 0 Å². The van der Waals surface area contributed by atoms with Gasteiger partial charge in [-0.2, -0.15) is 0 Å². The maximum Gasteiger partial charge on any atom is 0.125 e. The molecule has 0 aliphatic carbocycles. The van der Waals surface area contributed by atoms with Gasteiger partial charge in [-0.15, -0.1) is 11.3 Å². The number of nitrogens with one attached hydrogen (secondary N) is 1. The number of thiophene rings is 1. The highest BCUT2D eigenvalue weighted by Gasteiger charge is 2.19. The summed E-state index contributed by atoms with van der Waals surface area (Å²) in [4.78, 5) is 9.75. The summed E-state index contributed by atoms with van der Waals surface area (Å²) in [5.41, 5.74) is 0.973. The maximum absolute atomic E-state index is 6.23. The summed E-state index contributed by atoms with van der Waals surface area (Å²) in [7, 11) is 0. The van der Waals surface area contributed by atoms with E-state index in [0.29, 0.717) is 0 Å². The van der Waals surface area contributed by atoms with Crippen molar-refractivity contribution >= 4 is 22.9 Å². The van der Waals surface area contributed by atoms with Crippen LogP contribution in [0.1, 0.15) is 35.8 Å². The number of halogens is 1. The molecule has 3 nitrogen and oxygen atoms in total. The lowest BCUT2D eigenvalue weighted by Gasteiger charge is -2.17. The zero-order chi connectivity index (χ0) is 13.0. The molecule has 0 aliphatic heterocycles. The monoisotopic (exact) mass is 281 g/mol. The van der Waals surface area contributed by atoms with Crippen LogP contribution in [0.5, 0.6) is 0 Å². The minimum absolute atomic E-state index is 0.0548. The SMILES string of the molecule is CCCNC(c1ccnc(C)n1)c1sccc1Cl. The van der Waals surface area contributed by atoms with Crippen LogP contribution in [0, 0.1) is 6.92 Å². The van der Waals surface area contributed by atoms with Crippen molar-refractivity contribution in [3.05, 3.63) is 45.1 Å². The van der Waals surface area contributed by atoms with Gasteiger partial charge in [0.2, 0.25) is 0 Å². The second-order valence-electron chi connectivity index (χ2n) is 4.05. The molecule has 0 aromatic carbocycles. The number of hydrogen-bond acceptors (Lipinski definition) is 4. The van der Waals surface area contributed by atoms with Gasteiger partial charge in [-0.25, -0.2) is 9.97 Å². The molecule has 0 spiro atoms. The molecule has 2 aromatic rings. The van der Waals surface area contributed by atoms with Crippen molar-refractivity contribution in [2.45, 2.75) is 26.3 Å². The van der Waals surface area contributed by atoms with Crippen molar-refractivity contribution < 1.29 is 0 Å². The Hall–Kier alpha value is -0.970. The predicted octanol–water partition coefficient (Wildman–Crippen LogP) is 3.59. The number of rotatable bonds is 5. The summed E-state index contributed by atoms with van der Waals surface area (Å²) in [5, 5.41) is 6.29. The summed E-state index contributed by atoms with van der Waals surface area (Å²) < 4.78 is 0. The fraction of sp³-hybridized carbons (Fsp3) is 0.385. The highest BCUT2D eigenvalue weighted by molar-refractivity contribution is 7.10. The average Bonchev–Trinajstić information content (AvgIpc) is 2.77. The summed E-state index contributed by atoms with van der Waals surface area (Å²) in [6.07, 6.45) is 2.86. The van der Waals surface area contributed by atoms with Gasteiger partial charge in [0.1, 0.15) is 5.82 Å². The molecular weight excluding hydrogens is 266 g/mol. The van der Waals surface area contributed by atoms with Crippen molar-refractivity contribution in [3.63, 3.8) is 0 Å². The Morgan fingerprint density at radius 2 is 2.28 bits per heavy atom. The van der Waals surface area contributed by atoms with Crippen LogP contribution in [0.2, 0.25) is 5.02 Å². The van der Waals surface area contributed by atoms with E-state index >= 15 is 0 Å². The summed E-state index contributed by atoms with van der Waals surface area (Å²) >= 11 is 7.88. The molecule has 18 heavy (non-hydrogen) atoms. The maximum atomic E-state index is 6.23. The lowest BCUT2D eigenvalue weighted by Crippen LogP contribution is -2.23. The summed E-state index contributed by atoms with van der Waals surface area (Å²) in [6.45, 7) is 4.98. The van der Waals surface area contributed by atoms with Crippen molar-refractivity contribution in [1.82, 2.24) is 15.3 Å². The minimum Gasteiger partial charge on any atom is -0.304 e. The van der Waals surface area contributed by atoms with E-state index in [1.54, 1.807) is 17.5 Å². The molecule has 0 aliphatic rings. The first kappa shape index (κ1) is 13.5. The Bertz CT molecular complexity index is 512. The van der Waals surface area contributed by atoms with Gasteiger partial charge in [0.25, 0.3) is 0 Å². The van der Waals surface area contributed by atoms with Crippen LogP contribution in [0.25, 0.3) is 0 Å². The molecule has 1 unspecified atom stereocenters. The number of hydrogen-bond donors (Lipinski definition) is 1. The first-order chi connectivity index (χ1) is 8.72. The summed E-state index contributed by atoms with van der Waals surface area (Å²) in [6, 6.07) is 3.92. The van der Waals surface area contributed by atoms with Gasteiger partial charge >= 0.3 is 0 Å². The van der Waals surface area contributed by atoms with E-state index in [4.69, 9.17) is 11.6 Å². The zero-order valence-corrected chi connectivity index (χ0v) is 12.1. The van der Waals surface area contributed by atoms with E-state index < -0.39 is 0 Å². The number of nitrogens with zero attached hydrogens (tertiary/aromatic N) is 2. The normalized spacial score (nSPS) is 12.6. The molecule has 0 saturated carbocycles. The third-order valence-corrected chi connectivity index (χ3v) is 4.02. The van der Waals surface area contributed by atoms with Crippen LogP contribution >= 0.6 is 22.9 Å². The fourth-order valence-electron chi connectivity index (χ4n) is 1.77. The first-order valence-electron chi connectivity index (χ1n) is 5.98. The smallest absolute Gasteiger partial charge is 0.125 e. The van der Waals surface area contributed by atoms with E-state index in [1.807, 2.05) is 24.4 Å². The molecule has 0 bridgehead atoms. The number of aryl methyl sites for hydroxylation is 1. The van der Waals surface area contributed by atoms with Gasteiger partial charge in [0, 0.05) is 11.1 Å². The Kier molecular flexibility index (Phi) is 4.69. The molecule has 0 saturated heterocycles. The Balaban J connectivity index is 2.33. The molecular formula is C13H16ClN3S. The topological polar surface area (TPSA) is 37.8 Å². The average molecular weight is 282 g/mol. The Labute approximate surface area is 116 Å². The van der Waals surface area contributed by atoms with Crippen LogP contribution in [0.3, 0.4) is 0 Å². The fourth-order valence-corrected chi connectivity index (χ4v) is 3.02. The lowest BCUT2D eigenvalue weighted by atomic mass is 10.1. The van der Waals surface area contributed by atoms with Crippen LogP contribution in [-0.4, -0.2) is 16.5 Å². The zero-order valence-electron chi connectivity index (χ0n) is 10.5. The second-order valence-corrected chi connectivity index (χ2v) is 5.40. The standard InChI is InChI=1S/C13H16ClN3S/c1-3-6-16-12(13-10(14)5-8-18-13)11-4-7-15-9(2)17-11/h4-5,7-8,12,16H,3,6H2,1-2H3. The lowest BCUT2D eigenvalue weighted by molar-refractivity contribution is 0.591. The van der Waals surface area contributed by atoms with Crippen molar-refractivity contribution in [3.8, 4) is 0 Å². The quantitative estimate of drug-likeness (QED) is 0.910. The highest BCUT2D eigenvalue weighted by Crippen LogP contribution is 2.32. The predicted molar refractivity (Wildman–Crippen MR) is 76.2 cm³/mol. The molecule has 1 N–H and O–H groups in total. The highest BCUT2D eigenvalue weighted by atomic mass is 35.5. The summed E-state index contributed by atoms with van der Waals surface area (Å²) in [5.74, 6) is 0.781. The van der Waals surface area contributed by atoms with Crippen molar-refractivity contribution in [2.24, 2.45) is 0 Å².